The Morgan fingerprint density at radius 2 is 1.61 bits per heavy atom. The van der Waals surface area contributed by atoms with Gasteiger partial charge in [-0.25, -0.2) is 4.90 Å². The Morgan fingerprint density at radius 3 is 2.00 bits per heavy atom. The first-order valence-electron chi connectivity index (χ1n) is 5.41. The smallest absolute Gasteiger partial charge is 0.317 e. The van der Waals surface area contributed by atoms with E-state index in [9.17, 15) is 14.4 Å². The van der Waals surface area contributed by atoms with Gasteiger partial charge in [0.15, 0.2) is 0 Å². The summed E-state index contributed by atoms with van der Waals surface area (Å²) in [6.07, 6.45) is 0. The lowest BCUT2D eigenvalue weighted by atomic mass is 10.4. The maximum Gasteiger partial charge on any atom is 0.317 e. The Balaban J connectivity index is 4.06. The molecule has 0 fully saturated rings. The molecule has 0 unspecified atom stereocenters. The van der Waals surface area contributed by atoms with Crippen molar-refractivity contribution in [3.63, 3.8) is 0 Å². The van der Waals surface area contributed by atoms with E-state index in [1.54, 1.807) is 9.80 Å². The molecule has 1 N–H and O–H groups in total. The van der Waals surface area contributed by atoms with Crippen molar-refractivity contribution in [2.24, 2.45) is 0 Å². The maximum atomic E-state index is 10.6. The zero-order valence-electron chi connectivity index (χ0n) is 10.3. The van der Waals surface area contributed by atoms with Gasteiger partial charge >= 0.3 is 5.97 Å². The average molecular weight is 262 g/mol. The molecule has 0 aromatic carbocycles. The van der Waals surface area contributed by atoms with Crippen LogP contribution in [-0.2, 0) is 23.9 Å². The van der Waals surface area contributed by atoms with Gasteiger partial charge in [-0.1, -0.05) is 6.92 Å². The Morgan fingerprint density at radius 1 is 1.11 bits per heavy atom. The lowest BCUT2D eigenvalue weighted by Crippen LogP contribution is -2.39. The molecule has 0 amide bonds. The number of aliphatic carboxylic acids is 1. The highest BCUT2D eigenvalue weighted by molar-refractivity contribution is 5.69. The van der Waals surface area contributed by atoms with Gasteiger partial charge in [-0.2, -0.15) is 0 Å². The summed E-state index contributed by atoms with van der Waals surface area (Å²) in [5, 5.41) is 8.67. The van der Waals surface area contributed by atoms with Crippen molar-refractivity contribution in [2.45, 2.75) is 6.92 Å². The van der Waals surface area contributed by atoms with E-state index in [1.165, 1.54) is 0 Å². The summed E-state index contributed by atoms with van der Waals surface area (Å²) in [5.74, 6) is -0.906. The van der Waals surface area contributed by atoms with Gasteiger partial charge in [0.05, 0.1) is 6.54 Å². The third-order valence-corrected chi connectivity index (χ3v) is 2.19. The number of rotatable bonds is 12. The Hall–Kier alpha value is -1.67. The molecule has 8 heteroatoms. The molecule has 0 saturated heterocycles. The van der Waals surface area contributed by atoms with Crippen molar-refractivity contribution in [3.05, 3.63) is 0 Å². The predicted octanol–water partition coefficient (Wildman–Crippen LogP) is -1.04. The van der Waals surface area contributed by atoms with E-state index in [4.69, 9.17) is 5.11 Å². The fourth-order valence-electron chi connectivity index (χ4n) is 1.26. The van der Waals surface area contributed by atoms with Gasteiger partial charge in [0.2, 0.25) is 0 Å². The highest BCUT2D eigenvalue weighted by Gasteiger charge is 2.11. The van der Waals surface area contributed by atoms with Gasteiger partial charge in [-0.15, -0.1) is 0 Å². The molecule has 0 rings (SSSR count). The van der Waals surface area contributed by atoms with E-state index < -0.39 is 5.97 Å². The number of hydrogen-bond acceptors (Lipinski definition) is 7. The third-order valence-electron chi connectivity index (χ3n) is 2.19. The first kappa shape index (κ1) is 16.3. The minimum atomic E-state index is -0.906. The van der Waals surface area contributed by atoms with Crippen LogP contribution in [0.2, 0.25) is 0 Å². The first-order valence-corrected chi connectivity index (χ1v) is 5.41. The van der Waals surface area contributed by atoms with Crippen LogP contribution in [0, 0.1) is 0 Å². The highest BCUT2D eigenvalue weighted by atomic mass is 16.6. The Labute approximate surface area is 105 Å². The maximum absolute atomic E-state index is 10.6. The summed E-state index contributed by atoms with van der Waals surface area (Å²) in [4.78, 5) is 34.0. The Bertz CT molecular complexity index is 249. The standard InChI is InChI=1S/C10H18N2O6/c1-2-11(5-10(15)16)3-4-12(6-17-8-13)7-18-9-14/h8-9H,2-7H2,1H3,(H,15,16). The van der Waals surface area contributed by atoms with Crippen molar-refractivity contribution in [1.29, 1.82) is 0 Å². The zero-order chi connectivity index (χ0) is 13.8. The molecule has 0 atom stereocenters. The lowest BCUT2D eigenvalue weighted by molar-refractivity contribution is -0.141. The molecule has 0 bridgehead atoms. The van der Waals surface area contributed by atoms with Gasteiger partial charge in [-0.05, 0) is 6.54 Å². The van der Waals surface area contributed by atoms with Crippen molar-refractivity contribution in [2.75, 3.05) is 39.6 Å². The van der Waals surface area contributed by atoms with Crippen LogP contribution in [-0.4, -0.2) is 73.5 Å². The number of carboxylic acids is 1. The van der Waals surface area contributed by atoms with E-state index in [2.05, 4.69) is 9.47 Å². The summed E-state index contributed by atoms with van der Waals surface area (Å²) in [7, 11) is 0. The molecule has 18 heavy (non-hydrogen) atoms. The predicted molar refractivity (Wildman–Crippen MR) is 60.5 cm³/mol. The van der Waals surface area contributed by atoms with Crippen molar-refractivity contribution in [3.8, 4) is 0 Å². The number of carboxylic acid groups (broad SMARTS) is 1. The van der Waals surface area contributed by atoms with E-state index in [0.717, 1.165) is 0 Å². The van der Waals surface area contributed by atoms with Crippen LogP contribution >= 0.6 is 0 Å². The molecule has 0 aromatic rings. The van der Waals surface area contributed by atoms with Crippen LogP contribution in [0.1, 0.15) is 6.92 Å². The molecule has 0 aliphatic heterocycles. The number of likely N-dealkylation sites (N-methyl/N-ethyl adjacent to an activating group) is 1. The fraction of sp³-hybridized carbons (Fsp3) is 0.700. The minimum Gasteiger partial charge on any atom is -0.480 e. The summed E-state index contributed by atoms with van der Waals surface area (Å²) >= 11 is 0. The highest BCUT2D eigenvalue weighted by Crippen LogP contribution is 1.93. The van der Waals surface area contributed by atoms with E-state index >= 15 is 0 Å². The second-order valence-electron chi connectivity index (χ2n) is 3.44. The number of carbonyl (C=O) groups is 3. The molecular formula is C10H18N2O6. The second kappa shape index (κ2) is 10.5. The minimum absolute atomic E-state index is 0.0119. The molecule has 0 radical (unpaired) electrons. The summed E-state index contributed by atoms with van der Waals surface area (Å²) in [5.41, 5.74) is 0. The number of ether oxygens (including phenoxy) is 2. The molecule has 0 saturated carbocycles. The van der Waals surface area contributed by atoms with Gasteiger partial charge in [-0.3, -0.25) is 19.3 Å². The quantitative estimate of drug-likeness (QED) is 0.352. The SMILES string of the molecule is CCN(CCN(COC=O)COC=O)CC(=O)O. The average Bonchev–Trinajstić information content (AvgIpc) is 2.35. The number of hydrogen-bond donors (Lipinski definition) is 1. The largest absolute Gasteiger partial charge is 0.480 e. The summed E-state index contributed by atoms with van der Waals surface area (Å²) < 4.78 is 9.11. The summed E-state index contributed by atoms with van der Waals surface area (Å²) in [6, 6.07) is 0. The topological polar surface area (TPSA) is 96.4 Å². The Kier molecular flexibility index (Phi) is 9.51. The first-order chi connectivity index (χ1) is 8.63. The van der Waals surface area contributed by atoms with Crippen LogP contribution in [0.4, 0.5) is 0 Å². The molecule has 0 aliphatic rings. The molecule has 8 nitrogen and oxygen atoms in total. The third kappa shape index (κ3) is 8.48. The van der Waals surface area contributed by atoms with Crippen molar-refractivity contribution in [1.82, 2.24) is 9.80 Å². The van der Waals surface area contributed by atoms with Crippen LogP contribution in [0.5, 0.6) is 0 Å². The van der Waals surface area contributed by atoms with Crippen molar-refractivity contribution < 1.29 is 29.0 Å². The monoisotopic (exact) mass is 262 g/mol. The van der Waals surface area contributed by atoms with Crippen LogP contribution in [0.25, 0.3) is 0 Å². The van der Waals surface area contributed by atoms with Crippen LogP contribution in [0.3, 0.4) is 0 Å². The van der Waals surface area contributed by atoms with E-state index in [0.29, 0.717) is 32.6 Å². The molecule has 0 heterocycles. The number of nitrogens with zero attached hydrogens (tertiary/aromatic N) is 2. The summed E-state index contributed by atoms with van der Waals surface area (Å²) in [6.45, 7) is 3.82. The van der Waals surface area contributed by atoms with Crippen LogP contribution < -0.4 is 0 Å². The van der Waals surface area contributed by atoms with E-state index in [-0.39, 0.29) is 20.0 Å². The fourth-order valence-corrected chi connectivity index (χ4v) is 1.26. The van der Waals surface area contributed by atoms with Gasteiger partial charge in [0.25, 0.3) is 12.9 Å². The molecule has 0 aliphatic carbocycles. The van der Waals surface area contributed by atoms with E-state index in [1.807, 2.05) is 6.92 Å². The second-order valence-corrected chi connectivity index (χ2v) is 3.44. The number of carbonyl (C=O) groups excluding carboxylic acids is 2. The van der Waals surface area contributed by atoms with Gasteiger partial charge in [0.1, 0.15) is 13.5 Å². The van der Waals surface area contributed by atoms with Crippen LogP contribution in [0.15, 0.2) is 0 Å². The zero-order valence-corrected chi connectivity index (χ0v) is 10.3. The molecular weight excluding hydrogens is 244 g/mol. The molecule has 0 aromatic heterocycles. The molecule has 0 spiro atoms. The van der Waals surface area contributed by atoms with Gasteiger partial charge in [0, 0.05) is 13.1 Å². The van der Waals surface area contributed by atoms with Gasteiger partial charge < -0.3 is 14.6 Å². The normalized spacial score (nSPS) is 10.4. The molecule has 104 valence electrons. The van der Waals surface area contributed by atoms with Crippen molar-refractivity contribution >= 4 is 18.9 Å². The lowest BCUT2D eigenvalue weighted by Gasteiger charge is -2.24.